The smallest absolute Gasteiger partial charge is 0.270 e. The lowest BCUT2D eigenvalue weighted by Gasteiger charge is -2.04. The monoisotopic (exact) mass is 298 g/mol. The Morgan fingerprint density at radius 3 is 2.68 bits per heavy atom. The fourth-order valence-electron chi connectivity index (χ4n) is 1.83. The van der Waals surface area contributed by atoms with E-state index in [4.69, 9.17) is 4.74 Å². The molecule has 5 heteroatoms. The first kappa shape index (κ1) is 15.7. The summed E-state index contributed by atoms with van der Waals surface area (Å²) in [5.74, 6) is 0.822. The molecule has 0 unspecified atom stereocenters. The number of benzene rings is 2. The summed E-state index contributed by atoms with van der Waals surface area (Å²) in [6, 6.07) is 13.8. The molecule has 0 radical (unpaired) electrons. The number of hydrogen-bond acceptors (Lipinski definition) is 4. The van der Waals surface area contributed by atoms with E-state index >= 15 is 0 Å². The largest absolute Gasteiger partial charge is 0.494 e. The van der Waals surface area contributed by atoms with Gasteiger partial charge in [0.15, 0.2) is 0 Å². The molecule has 5 nitrogen and oxygen atoms in total. The quantitative estimate of drug-likeness (QED) is 0.326. The average molecular weight is 298 g/mol. The van der Waals surface area contributed by atoms with Crippen molar-refractivity contribution in [3.63, 3.8) is 0 Å². The molecule has 0 atom stereocenters. The van der Waals surface area contributed by atoms with Crippen molar-refractivity contribution in [3.05, 3.63) is 64.2 Å². The van der Waals surface area contributed by atoms with E-state index in [-0.39, 0.29) is 5.69 Å². The van der Waals surface area contributed by atoms with Gasteiger partial charge in [0.2, 0.25) is 0 Å². The third-order valence-corrected chi connectivity index (χ3v) is 3.05. The lowest BCUT2D eigenvalue weighted by Crippen LogP contribution is -1.95. The highest BCUT2D eigenvalue weighted by atomic mass is 16.6. The summed E-state index contributed by atoms with van der Waals surface area (Å²) in [6.07, 6.45) is 3.75. The fourth-order valence-corrected chi connectivity index (χ4v) is 1.83. The SMILES string of the molecule is CCCCOc1ccc(N=Cc2cccc([N+](=O)[O-])c2)cc1. The first-order valence-corrected chi connectivity index (χ1v) is 7.20. The average Bonchev–Trinajstić information content (AvgIpc) is 2.54. The van der Waals surface area contributed by atoms with Crippen LogP contribution in [0.3, 0.4) is 0 Å². The summed E-state index contributed by atoms with van der Waals surface area (Å²) in [5, 5.41) is 10.7. The second-order valence-corrected chi connectivity index (χ2v) is 4.81. The maximum Gasteiger partial charge on any atom is 0.270 e. The zero-order valence-corrected chi connectivity index (χ0v) is 12.4. The first-order valence-electron chi connectivity index (χ1n) is 7.20. The van der Waals surface area contributed by atoms with Crippen molar-refractivity contribution >= 4 is 17.6 Å². The number of hydrogen-bond donors (Lipinski definition) is 0. The minimum Gasteiger partial charge on any atom is -0.494 e. The number of ether oxygens (including phenoxy) is 1. The molecule has 2 aromatic carbocycles. The summed E-state index contributed by atoms with van der Waals surface area (Å²) in [5.41, 5.74) is 1.52. The molecule has 0 amide bonds. The van der Waals surface area contributed by atoms with Gasteiger partial charge in [-0.2, -0.15) is 0 Å². The van der Waals surface area contributed by atoms with Gasteiger partial charge in [-0.25, -0.2) is 0 Å². The first-order chi connectivity index (χ1) is 10.7. The van der Waals surface area contributed by atoms with Crippen molar-refractivity contribution < 1.29 is 9.66 Å². The Balaban J connectivity index is 2.01. The maximum absolute atomic E-state index is 10.7. The predicted octanol–water partition coefficient (Wildman–Crippen LogP) is 4.52. The Bertz CT molecular complexity index is 651. The molecule has 114 valence electrons. The minimum absolute atomic E-state index is 0.0589. The lowest BCUT2D eigenvalue weighted by atomic mass is 10.2. The Morgan fingerprint density at radius 2 is 2.00 bits per heavy atom. The van der Waals surface area contributed by atoms with E-state index < -0.39 is 4.92 Å². The molecule has 0 bridgehead atoms. The van der Waals surface area contributed by atoms with Crippen LogP contribution in [0.25, 0.3) is 0 Å². The van der Waals surface area contributed by atoms with Gasteiger partial charge in [-0.05, 0) is 36.2 Å². The number of rotatable bonds is 7. The molecule has 2 rings (SSSR count). The summed E-state index contributed by atoms with van der Waals surface area (Å²) in [7, 11) is 0. The third-order valence-electron chi connectivity index (χ3n) is 3.05. The summed E-state index contributed by atoms with van der Waals surface area (Å²) in [6.45, 7) is 2.84. The Labute approximate surface area is 129 Å². The number of nitro benzene ring substituents is 1. The highest BCUT2D eigenvalue weighted by Gasteiger charge is 2.03. The Morgan fingerprint density at radius 1 is 1.23 bits per heavy atom. The van der Waals surface area contributed by atoms with Crippen molar-refractivity contribution in [2.75, 3.05) is 6.61 Å². The zero-order chi connectivity index (χ0) is 15.8. The molecule has 0 N–H and O–H groups in total. The minimum atomic E-state index is -0.417. The van der Waals surface area contributed by atoms with Gasteiger partial charge in [-0.15, -0.1) is 0 Å². The number of non-ortho nitro benzene ring substituents is 1. The van der Waals surface area contributed by atoms with E-state index in [0.29, 0.717) is 12.2 Å². The molecule has 0 aliphatic rings. The van der Waals surface area contributed by atoms with Gasteiger partial charge in [0.05, 0.1) is 17.2 Å². The summed E-state index contributed by atoms with van der Waals surface area (Å²) >= 11 is 0. The van der Waals surface area contributed by atoms with Crippen molar-refractivity contribution in [1.82, 2.24) is 0 Å². The van der Waals surface area contributed by atoms with E-state index in [1.807, 2.05) is 24.3 Å². The van der Waals surface area contributed by atoms with E-state index in [2.05, 4.69) is 11.9 Å². The molecule has 0 spiro atoms. The normalized spacial score (nSPS) is 10.8. The second kappa shape index (κ2) is 7.93. The number of nitro groups is 1. The van der Waals surface area contributed by atoms with Crippen LogP contribution in [0.4, 0.5) is 11.4 Å². The van der Waals surface area contributed by atoms with E-state index in [1.54, 1.807) is 18.3 Å². The van der Waals surface area contributed by atoms with Crippen LogP contribution in [-0.2, 0) is 0 Å². The van der Waals surface area contributed by atoms with Crippen LogP contribution in [-0.4, -0.2) is 17.7 Å². The van der Waals surface area contributed by atoms with Crippen LogP contribution >= 0.6 is 0 Å². The van der Waals surface area contributed by atoms with Gasteiger partial charge >= 0.3 is 0 Å². The molecule has 0 aromatic heterocycles. The molecule has 0 saturated carbocycles. The molecule has 0 saturated heterocycles. The van der Waals surface area contributed by atoms with Gasteiger partial charge in [-0.3, -0.25) is 15.1 Å². The van der Waals surface area contributed by atoms with Crippen LogP contribution < -0.4 is 4.74 Å². The van der Waals surface area contributed by atoms with Gasteiger partial charge in [0, 0.05) is 18.3 Å². The van der Waals surface area contributed by atoms with Gasteiger partial charge in [0.1, 0.15) is 5.75 Å². The predicted molar refractivity (Wildman–Crippen MR) is 87.2 cm³/mol. The van der Waals surface area contributed by atoms with Crippen LogP contribution in [0, 0.1) is 10.1 Å². The van der Waals surface area contributed by atoms with Crippen LogP contribution in [0.5, 0.6) is 5.75 Å². The van der Waals surface area contributed by atoms with Gasteiger partial charge < -0.3 is 4.74 Å². The van der Waals surface area contributed by atoms with Gasteiger partial charge in [0.25, 0.3) is 5.69 Å². The lowest BCUT2D eigenvalue weighted by molar-refractivity contribution is -0.384. The highest BCUT2D eigenvalue weighted by Crippen LogP contribution is 2.19. The number of nitrogens with zero attached hydrogens (tertiary/aromatic N) is 2. The van der Waals surface area contributed by atoms with Crippen LogP contribution in [0.2, 0.25) is 0 Å². The molecule has 0 heterocycles. The standard InChI is InChI=1S/C17H18N2O3/c1-2-3-11-22-17-9-7-15(8-10-17)18-13-14-5-4-6-16(12-14)19(20)21/h4-10,12-13H,2-3,11H2,1H3. The van der Waals surface area contributed by atoms with Gasteiger partial charge in [-0.1, -0.05) is 25.5 Å². The van der Waals surface area contributed by atoms with Crippen molar-refractivity contribution in [3.8, 4) is 5.75 Å². The zero-order valence-electron chi connectivity index (χ0n) is 12.4. The summed E-state index contributed by atoms with van der Waals surface area (Å²) < 4.78 is 5.58. The van der Waals surface area contributed by atoms with E-state index in [9.17, 15) is 10.1 Å². The van der Waals surface area contributed by atoms with E-state index in [1.165, 1.54) is 12.1 Å². The topological polar surface area (TPSA) is 64.7 Å². The second-order valence-electron chi connectivity index (χ2n) is 4.81. The molecule has 0 fully saturated rings. The highest BCUT2D eigenvalue weighted by molar-refractivity contribution is 5.82. The molecule has 0 aliphatic heterocycles. The van der Waals surface area contributed by atoms with Crippen LogP contribution in [0.15, 0.2) is 53.5 Å². The van der Waals surface area contributed by atoms with Crippen molar-refractivity contribution in [2.24, 2.45) is 4.99 Å². The van der Waals surface area contributed by atoms with Crippen molar-refractivity contribution in [2.45, 2.75) is 19.8 Å². The Hall–Kier alpha value is -2.69. The van der Waals surface area contributed by atoms with Crippen LogP contribution in [0.1, 0.15) is 25.3 Å². The number of aliphatic imine (C=N–C) groups is 1. The fraction of sp³-hybridized carbons (Fsp3) is 0.235. The number of unbranched alkanes of at least 4 members (excludes halogenated alkanes) is 1. The molecule has 22 heavy (non-hydrogen) atoms. The van der Waals surface area contributed by atoms with Crippen molar-refractivity contribution in [1.29, 1.82) is 0 Å². The maximum atomic E-state index is 10.7. The summed E-state index contributed by atoms with van der Waals surface area (Å²) in [4.78, 5) is 14.6. The molecular formula is C17H18N2O3. The van der Waals surface area contributed by atoms with E-state index in [0.717, 1.165) is 24.3 Å². The molecule has 2 aromatic rings. The molecular weight excluding hydrogens is 280 g/mol. The Kier molecular flexibility index (Phi) is 5.65. The third kappa shape index (κ3) is 4.70. The molecule has 0 aliphatic carbocycles.